The van der Waals surface area contributed by atoms with Crippen LogP contribution in [0.4, 0.5) is 41.3 Å². The Labute approximate surface area is 210 Å². The van der Waals surface area contributed by atoms with Gasteiger partial charge in [0, 0.05) is 35.5 Å². The molecule has 1 aliphatic heterocycles. The smallest absolute Gasteiger partial charge is 0.421 e. The first-order valence-corrected chi connectivity index (χ1v) is 12.0. The SMILES string of the molecule is CC(C)(C)c1cc(C(=O)O)c(Nc2nc(Nc3ccc(N4CCOCC4)cc3)ncc2C(F)(F)F)s1. The number of nitrogens with zero attached hydrogens (tertiary/aromatic N) is 3. The van der Waals surface area contributed by atoms with Crippen molar-refractivity contribution in [3.8, 4) is 0 Å². The van der Waals surface area contributed by atoms with Gasteiger partial charge in [-0.15, -0.1) is 11.3 Å². The van der Waals surface area contributed by atoms with Crippen LogP contribution in [-0.4, -0.2) is 47.3 Å². The summed E-state index contributed by atoms with van der Waals surface area (Å²) in [4.78, 5) is 22.5. The zero-order valence-electron chi connectivity index (χ0n) is 19.9. The number of rotatable bonds is 6. The maximum Gasteiger partial charge on any atom is 0.421 e. The molecule has 0 bridgehead atoms. The Morgan fingerprint density at radius 1 is 1.11 bits per heavy atom. The minimum atomic E-state index is -4.74. The van der Waals surface area contributed by atoms with E-state index in [2.05, 4.69) is 25.5 Å². The van der Waals surface area contributed by atoms with Crippen LogP contribution in [0.1, 0.15) is 41.6 Å². The molecule has 8 nitrogen and oxygen atoms in total. The van der Waals surface area contributed by atoms with E-state index < -0.39 is 23.5 Å². The van der Waals surface area contributed by atoms with E-state index in [1.165, 1.54) is 6.07 Å². The van der Waals surface area contributed by atoms with Gasteiger partial charge in [0.2, 0.25) is 5.95 Å². The van der Waals surface area contributed by atoms with E-state index in [4.69, 9.17) is 4.74 Å². The first-order chi connectivity index (χ1) is 16.9. The summed E-state index contributed by atoms with van der Waals surface area (Å²) in [5.41, 5.74) is -0.00114. The molecule has 3 N–H and O–H groups in total. The number of benzene rings is 1. The molecule has 0 aliphatic carbocycles. The second-order valence-corrected chi connectivity index (χ2v) is 10.3. The second kappa shape index (κ2) is 9.94. The third-order valence-corrected chi connectivity index (χ3v) is 7.00. The first kappa shape index (κ1) is 25.7. The third-order valence-electron chi connectivity index (χ3n) is 5.53. The highest BCUT2D eigenvalue weighted by atomic mass is 32.1. The van der Waals surface area contributed by atoms with Gasteiger partial charge in [0.1, 0.15) is 16.4 Å². The maximum atomic E-state index is 13.7. The molecular formula is C24H26F3N5O3S. The van der Waals surface area contributed by atoms with Gasteiger partial charge in [-0.25, -0.2) is 9.78 Å². The first-order valence-electron chi connectivity index (χ1n) is 11.2. The predicted octanol–water partition coefficient (Wildman–Crippen LogP) is 5.88. The molecular weight excluding hydrogens is 495 g/mol. The van der Waals surface area contributed by atoms with Crippen LogP contribution in [0.5, 0.6) is 0 Å². The number of nitrogens with one attached hydrogen (secondary N) is 2. The molecule has 4 rings (SSSR count). The molecule has 0 spiro atoms. The summed E-state index contributed by atoms with van der Waals surface area (Å²) in [5.74, 6) is -1.84. The Balaban J connectivity index is 1.62. The fourth-order valence-electron chi connectivity index (χ4n) is 3.57. The van der Waals surface area contributed by atoms with Gasteiger partial charge in [-0.2, -0.15) is 18.2 Å². The number of alkyl halides is 3. The van der Waals surface area contributed by atoms with Crippen molar-refractivity contribution in [3.05, 3.63) is 52.5 Å². The molecule has 0 atom stereocenters. The van der Waals surface area contributed by atoms with Crippen LogP contribution in [0, 0.1) is 0 Å². The minimum absolute atomic E-state index is 0.0610. The summed E-state index contributed by atoms with van der Waals surface area (Å²) < 4.78 is 46.5. The zero-order chi connectivity index (χ0) is 26.1. The zero-order valence-corrected chi connectivity index (χ0v) is 20.8. The van der Waals surface area contributed by atoms with Crippen LogP contribution < -0.4 is 15.5 Å². The molecule has 0 amide bonds. The third kappa shape index (κ3) is 5.88. The van der Waals surface area contributed by atoms with E-state index in [1.807, 2.05) is 32.9 Å². The second-order valence-electron chi connectivity index (χ2n) is 9.26. The minimum Gasteiger partial charge on any atom is -0.478 e. The number of carboxylic acid groups (broad SMARTS) is 1. The van der Waals surface area contributed by atoms with Gasteiger partial charge in [0.05, 0.1) is 18.8 Å². The molecule has 3 aromatic rings. The molecule has 3 heterocycles. The maximum absolute atomic E-state index is 13.7. The standard InChI is InChI=1S/C24H26F3N5O3S/c1-23(2,3)18-12-16(21(33)34)20(36-18)30-19-17(24(25,26)27)13-28-22(31-19)29-14-4-6-15(7-5-14)32-8-10-35-11-9-32/h4-7,12-13H,8-11H2,1-3H3,(H,33,34)(H2,28,29,30,31). The number of hydrogen-bond donors (Lipinski definition) is 3. The van der Waals surface area contributed by atoms with E-state index >= 15 is 0 Å². The number of ether oxygens (including phenoxy) is 1. The van der Waals surface area contributed by atoms with E-state index in [0.29, 0.717) is 30.0 Å². The Kier molecular flexibility index (Phi) is 7.10. The van der Waals surface area contributed by atoms with E-state index in [0.717, 1.165) is 30.1 Å². The Hall–Kier alpha value is -3.38. The fourth-order valence-corrected chi connectivity index (χ4v) is 4.68. The monoisotopic (exact) mass is 521 g/mol. The molecule has 1 aromatic carbocycles. The highest BCUT2D eigenvalue weighted by Gasteiger charge is 2.36. The molecule has 12 heteroatoms. The van der Waals surface area contributed by atoms with Crippen molar-refractivity contribution in [2.75, 3.05) is 41.8 Å². The van der Waals surface area contributed by atoms with Crippen molar-refractivity contribution in [1.82, 2.24) is 9.97 Å². The van der Waals surface area contributed by atoms with Gasteiger partial charge in [-0.1, -0.05) is 20.8 Å². The summed E-state index contributed by atoms with van der Waals surface area (Å²) >= 11 is 1.08. The van der Waals surface area contributed by atoms with Crippen molar-refractivity contribution >= 4 is 45.4 Å². The van der Waals surface area contributed by atoms with Crippen LogP contribution >= 0.6 is 11.3 Å². The molecule has 1 saturated heterocycles. The van der Waals surface area contributed by atoms with E-state index in [1.54, 1.807) is 12.1 Å². The van der Waals surface area contributed by atoms with Crippen molar-refractivity contribution in [3.63, 3.8) is 0 Å². The van der Waals surface area contributed by atoms with Gasteiger partial charge in [-0.3, -0.25) is 0 Å². The molecule has 0 unspecified atom stereocenters. The summed E-state index contributed by atoms with van der Waals surface area (Å²) in [6, 6.07) is 8.84. The average Bonchev–Trinajstić information content (AvgIpc) is 3.24. The van der Waals surface area contributed by atoms with Crippen LogP contribution in [0.3, 0.4) is 0 Å². The molecule has 1 fully saturated rings. The topological polar surface area (TPSA) is 99.6 Å². The van der Waals surface area contributed by atoms with Crippen molar-refractivity contribution in [2.45, 2.75) is 32.4 Å². The highest BCUT2D eigenvalue weighted by molar-refractivity contribution is 7.16. The quantitative estimate of drug-likeness (QED) is 0.370. The molecule has 0 saturated carbocycles. The van der Waals surface area contributed by atoms with Gasteiger partial charge in [-0.05, 0) is 35.7 Å². The lowest BCUT2D eigenvalue weighted by Crippen LogP contribution is -2.36. The molecule has 1 aliphatic rings. The number of aromatic carboxylic acids is 1. The number of morpholine rings is 1. The van der Waals surface area contributed by atoms with Crippen LogP contribution in [-0.2, 0) is 16.3 Å². The lowest BCUT2D eigenvalue weighted by atomic mass is 9.94. The number of aromatic nitrogens is 2. The summed E-state index contributed by atoms with van der Waals surface area (Å²) in [5, 5.41) is 15.2. The van der Waals surface area contributed by atoms with Crippen molar-refractivity contribution in [2.24, 2.45) is 0 Å². The number of anilines is 5. The van der Waals surface area contributed by atoms with Gasteiger partial charge in [0.25, 0.3) is 0 Å². The number of carboxylic acids is 1. The number of halogens is 3. The number of thiophene rings is 1. The van der Waals surface area contributed by atoms with Crippen molar-refractivity contribution in [1.29, 1.82) is 0 Å². The van der Waals surface area contributed by atoms with Crippen LogP contribution in [0.25, 0.3) is 0 Å². The van der Waals surface area contributed by atoms with Gasteiger partial charge in [0.15, 0.2) is 0 Å². The number of hydrogen-bond acceptors (Lipinski definition) is 8. The molecule has 0 radical (unpaired) electrons. The Bertz CT molecular complexity index is 1230. The molecule has 36 heavy (non-hydrogen) atoms. The summed E-state index contributed by atoms with van der Waals surface area (Å²) in [6.45, 7) is 8.55. The molecule has 192 valence electrons. The Morgan fingerprint density at radius 3 is 2.36 bits per heavy atom. The normalized spacial score (nSPS) is 14.6. The fraction of sp³-hybridized carbons (Fsp3) is 0.375. The summed E-state index contributed by atoms with van der Waals surface area (Å²) in [7, 11) is 0. The lowest BCUT2D eigenvalue weighted by Gasteiger charge is -2.28. The van der Waals surface area contributed by atoms with E-state index in [-0.39, 0.29) is 21.9 Å². The molecule has 2 aromatic heterocycles. The number of carbonyl (C=O) groups is 1. The largest absolute Gasteiger partial charge is 0.478 e. The lowest BCUT2D eigenvalue weighted by molar-refractivity contribution is -0.137. The van der Waals surface area contributed by atoms with Crippen LogP contribution in [0.2, 0.25) is 0 Å². The highest BCUT2D eigenvalue weighted by Crippen LogP contribution is 2.40. The van der Waals surface area contributed by atoms with Crippen LogP contribution in [0.15, 0.2) is 36.5 Å². The van der Waals surface area contributed by atoms with Crippen molar-refractivity contribution < 1.29 is 27.8 Å². The van der Waals surface area contributed by atoms with Gasteiger partial charge < -0.3 is 25.4 Å². The van der Waals surface area contributed by atoms with E-state index in [9.17, 15) is 23.1 Å². The predicted molar refractivity (Wildman–Crippen MR) is 133 cm³/mol. The van der Waals surface area contributed by atoms with Gasteiger partial charge >= 0.3 is 12.1 Å². The Morgan fingerprint density at radius 2 is 1.78 bits per heavy atom. The summed E-state index contributed by atoms with van der Waals surface area (Å²) in [6.07, 6.45) is -4.06. The average molecular weight is 522 g/mol.